The highest BCUT2D eigenvalue weighted by molar-refractivity contribution is 6.35. The van der Waals surface area contributed by atoms with E-state index in [1.54, 1.807) is 22.9 Å². The van der Waals surface area contributed by atoms with E-state index in [2.05, 4.69) is 17.2 Å². The van der Waals surface area contributed by atoms with Crippen molar-refractivity contribution in [2.75, 3.05) is 5.73 Å². The Hall–Kier alpha value is -4.82. The van der Waals surface area contributed by atoms with E-state index in [9.17, 15) is 10.5 Å². The van der Waals surface area contributed by atoms with Crippen molar-refractivity contribution in [2.45, 2.75) is 6.54 Å². The summed E-state index contributed by atoms with van der Waals surface area (Å²) in [5.74, 6) is 0.159. The van der Waals surface area contributed by atoms with E-state index in [0.717, 1.165) is 11.1 Å². The number of nitrogen functional groups attached to an aromatic ring is 1. The fraction of sp³-hybridized carbons (Fsp3) is 0.0345. The molecule has 2 heterocycles. The fourth-order valence-electron chi connectivity index (χ4n) is 4.07. The Morgan fingerprint density at radius 3 is 2.32 bits per heavy atom. The average Bonchev–Trinajstić information content (AvgIpc) is 3.49. The molecule has 3 aromatic carbocycles. The summed E-state index contributed by atoms with van der Waals surface area (Å²) in [6.07, 6.45) is 3.50. The highest BCUT2D eigenvalue weighted by Gasteiger charge is 2.21. The van der Waals surface area contributed by atoms with Gasteiger partial charge in [-0.1, -0.05) is 77.8 Å². The zero-order valence-electron chi connectivity index (χ0n) is 19.9. The summed E-state index contributed by atoms with van der Waals surface area (Å²) in [5.41, 5.74) is 10.5. The Labute approximate surface area is 229 Å². The molecule has 0 saturated carbocycles. The average molecular weight is 536 g/mol. The molecule has 2 N–H and O–H groups in total. The van der Waals surface area contributed by atoms with Crippen molar-refractivity contribution in [3.05, 3.63) is 117 Å². The lowest BCUT2D eigenvalue weighted by molar-refractivity contribution is 0.689. The maximum Gasteiger partial charge on any atom is 0.145 e. The van der Waals surface area contributed by atoms with Gasteiger partial charge in [-0.3, -0.25) is 4.68 Å². The van der Waals surface area contributed by atoms with Crippen LogP contribution in [0.3, 0.4) is 0 Å². The number of halogens is 2. The van der Waals surface area contributed by atoms with Gasteiger partial charge in [0.2, 0.25) is 0 Å². The van der Waals surface area contributed by atoms with E-state index >= 15 is 0 Å². The predicted molar refractivity (Wildman–Crippen MR) is 149 cm³/mol. The molecule has 9 heteroatoms. The molecule has 0 aliphatic heterocycles. The Bertz CT molecular complexity index is 1740. The summed E-state index contributed by atoms with van der Waals surface area (Å²) in [7, 11) is 0. The molecule has 0 saturated heterocycles. The predicted octanol–water partition coefficient (Wildman–Crippen LogP) is 6.61. The minimum absolute atomic E-state index is 0.128. The molecule has 38 heavy (non-hydrogen) atoms. The van der Waals surface area contributed by atoms with Crippen LogP contribution in [0.25, 0.3) is 28.6 Å². The van der Waals surface area contributed by atoms with Gasteiger partial charge in [-0.05, 0) is 35.9 Å². The van der Waals surface area contributed by atoms with Crippen LogP contribution in [0.15, 0.2) is 85.1 Å². The van der Waals surface area contributed by atoms with Gasteiger partial charge in [0.15, 0.2) is 0 Å². The van der Waals surface area contributed by atoms with E-state index in [4.69, 9.17) is 34.0 Å². The molecule has 2 aromatic heterocycles. The van der Waals surface area contributed by atoms with Crippen molar-refractivity contribution < 1.29 is 0 Å². The van der Waals surface area contributed by atoms with E-state index in [-0.39, 0.29) is 22.6 Å². The number of hydrogen-bond donors (Lipinski definition) is 1. The van der Waals surface area contributed by atoms with E-state index in [1.807, 2.05) is 72.9 Å². The molecule has 184 valence electrons. The third-order valence-electron chi connectivity index (χ3n) is 5.89. The molecule has 0 bridgehead atoms. The first-order valence-corrected chi connectivity index (χ1v) is 12.3. The molecule has 0 spiro atoms. The summed E-state index contributed by atoms with van der Waals surface area (Å²) >= 11 is 12.4. The third kappa shape index (κ3) is 4.89. The van der Waals surface area contributed by atoms with Gasteiger partial charge in [0.1, 0.15) is 29.2 Å². The topological polar surface area (TPSA) is 109 Å². The van der Waals surface area contributed by atoms with E-state index in [0.29, 0.717) is 33.5 Å². The number of nitrogens with zero attached hydrogens (tertiary/aromatic N) is 6. The minimum Gasteiger partial charge on any atom is -0.382 e. The Balaban J connectivity index is 1.63. The van der Waals surface area contributed by atoms with Gasteiger partial charge in [-0.2, -0.15) is 20.7 Å². The number of hydrogen-bond acceptors (Lipinski definition) is 5. The van der Waals surface area contributed by atoms with Gasteiger partial charge in [0, 0.05) is 27.4 Å². The number of aromatic nitrogens is 4. The number of rotatable bonds is 6. The lowest BCUT2D eigenvalue weighted by atomic mass is 10.0. The van der Waals surface area contributed by atoms with Crippen LogP contribution in [0.4, 0.5) is 5.82 Å². The highest BCUT2D eigenvalue weighted by Crippen LogP contribution is 2.30. The van der Waals surface area contributed by atoms with Gasteiger partial charge in [0.25, 0.3) is 0 Å². The van der Waals surface area contributed by atoms with Gasteiger partial charge < -0.3 is 5.73 Å². The maximum absolute atomic E-state index is 10.1. The van der Waals surface area contributed by atoms with Crippen LogP contribution in [0.1, 0.15) is 22.4 Å². The van der Waals surface area contributed by atoms with Crippen molar-refractivity contribution in [3.8, 4) is 29.1 Å². The lowest BCUT2D eigenvalue weighted by Gasteiger charge is -2.05. The van der Waals surface area contributed by atoms with Crippen LogP contribution in [0.2, 0.25) is 10.0 Å². The highest BCUT2D eigenvalue weighted by atomic mass is 35.5. The quantitative estimate of drug-likeness (QED) is 0.246. The summed E-state index contributed by atoms with van der Waals surface area (Å²) in [6, 6.07) is 28.4. The first-order valence-electron chi connectivity index (χ1n) is 11.5. The van der Waals surface area contributed by atoms with Crippen LogP contribution in [0, 0.1) is 22.7 Å². The van der Waals surface area contributed by atoms with E-state index < -0.39 is 0 Å². The van der Waals surface area contributed by atoms with Crippen LogP contribution in [0.5, 0.6) is 0 Å². The zero-order chi connectivity index (χ0) is 26.6. The first kappa shape index (κ1) is 24.9. The molecule has 0 aliphatic carbocycles. The van der Waals surface area contributed by atoms with Gasteiger partial charge in [0.05, 0.1) is 23.5 Å². The molecule has 5 aromatic rings. The van der Waals surface area contributed by atoms with Crippen molar-refractivity contribution >= 4 is 40.7 Å². The molecule has 7 nitrogen and oxygen atoms in total. The van der Waals surface area contributed by atoms with Crippen molar-refractivity contribution in [1.29, 1.82) is 10.5 Å². The molecule has 0 amide bonds. The number of benzene rings is 3. The lowest BCUT2D eigenvalue weighted by Crippen LogP contribution is -2.02. The van der Waals surface area contributed by atoms with Gasteiger partial charge >= 0.3 is 0 Å². The summed E-state index contributed by atoms with van der Waals surface area (Å²) in [6.45, 7) is 0.393. The number of nitriles is 2. The third-order valence-corrected chi connectivity index (χ3v) is 6.48. The second-order valence-corrected chi connectivity index (χ2v) is 9.21. The standard InChI is InChI=1S/C29H19Cl2N7/c30-23-12-11-20(26(31)14-23)17-37-18-22(27(35-37)19-7-3-1-4-8-19)13-21(15-32)28-25(16-33)29(34)38(36-28)24-9-5-2-6-10-24/h1-14,18H,17,34H2. The molecule has 0 unspecified atom stereocenters. The van der Waals surface area contributed by atoms with Crippen molar-refractivity contribution in [2.24, 2.45) is 0 Å². The van der Waals surface area contributed by atoms with Crippen LogP contribution >= 0.6 is 23.2 Å². The normalized spacial score (nSPS) is 11.2. The number of allylic oxidation sites excluding steroid dienone is 1. The molecule has 0 fully saturated rings. The smallest absolute Gasteiger partial charge is 0.145 e. The van der Waals surface area contributed by atoms with Crippen molar-refractivity contribution in [1.82, 2.24) is 19.6 Å². The van der Waals surface area contributed by atoms with Crippen molar-refractivity contribution in [3.63, 3.8) is 0 Å². The molecular formula is C29H19Cl2N7. The van der Waals surface area contributed by atoms with Crippen LogP contribution in [-0.2, 0) is 6.54 Å². The number of anilines is 1. The minimum atomic E-state index is 0.128. The molecule has 0 aliphatic rings. The Kier molecular flexibility index (Phi) is 6.97. The Morgan fingerprint density at radius 1 is 0.947 bits per heavy atom. The van der Waals surface area contributed by atoms with Crippen LogP contribution in [-0.4, -0.2) is 19.6 Å². The molecule has 0 atom stereocenters. The monoisotopic (exact) mass is 535 g/mol. The Morgan fingerprint density at radius 2 is 1.66 bits per heavy atom. The second kappa shape index (κ2) is 10.7. The van der Waals surface area contributed by atoms with Crippen LogP contribution < -0.4 is 5.73 Å². The molecule has 0 radical (unpaired) electrons. The number of nitrogens with two attached hydrogens (primary N) is 1. The second-order valence-electron chi connectivity index (χ2n) is 8.37. The summed E-state index contributed by atoms with van der Waals surface area (Å²) in [4.78, 5) is 0. The summed E-state index contributed by atoms with van der Waals surface area (Å²) < 4.78 is 3.21. The van der Waals surface area contributed by atoms with Gasteiger partial charge in [-0.15, -0.1) is 0 Å². The maximum atomic E-state index is 10.1. The summed E-state index contributed by atoms with van der Waals surface area (Å²) in [5, 5.41) is 30.4. The fourth-order valence-corrected chi connectivity index (χ4v) is 4.54. The molecule has 5 rings (SSSR count). The largest absolute Gasteiger partial charge is 0.382 e. The van der Waals surface area contributed by atoms with Gasteiger partial charge in [-0.25, -0.2) is 4.68 Å². The SMILES string of the molecule is N#CC(=Cc1cn(Cc2ccc(Cl)cc2Cl)nc1-c1ccccc1)c1nn(-c2ccccc2)c(N)c1C#N. The molecular weight excluding hydrogens is 517 g/mol. The van der Waals surface area contributed by atoms with E-state index in [1.165, 1.54) is 4.68 Å². The zero-order valence-corrected chi connectivity index (χ0v) is 21.4. The number of para-hydroxylation sites is 1. The first-order chi connectivity index (χ1) is 18.5.